The Morgan fingerprint density at radius 1 is 1.25 bits per heavy atom. The quantitative estimate of drug-likeness (QED) is 0.604. The van der Waals surface area contributed by atoms with Crippen LogP contribution < -0.4 is 10.2 Å². The number of amides is 1. The minimum absolute atomic E-state index is 0.0482. The molecule has 1 aliphatic rings. The number of anilines is 1. The molecule has 1 aliphatic heterocycles. The third-order valence-corrected chi connectivity index (χ3v) is 5.19. The van der Waals surface area contributed by atoms with Gasteiger partial charge in [0.05, 0.1) is 17.6 Å². The monoisotopic (exact) mass is 386 g/mol. The van der Waals surface area contributed by atoms with Gasteiger partial charge in [0.25, 0.3) is 0 Å². The lowest BCUT2D eigenvalue weighted by Gasteiger charge is -2.35. The lowest BCUT2D eigenvalue weighted by atomic mass is 10.1. The van der Waals surface area contributed by atoms with Crippen LogP contribution in [-0.4, -0.2) is 63.0 Å². The molecule has 9 heteroatoms. The van der Waals surface area contributed by atoms with E-state index in [1.54, 1.807) is 22.8 Å². The Balaban J connectivity index is 1.66. The summed E-state index contributed by atoms with van der Waals surface area (Å²) in [5.41, 5.74) is 4.41. The normalized spacial score (nSPS) is 15.5. The van der Waals surface area contributed by atoms with Crippen molar-refractivity contribution in [3.8, 4) is 0 Å². The maximum atomic E-state index is 12.7. The van der Waals surface area contributed by atoms with Gasteiger partial charge in [-0.05, 0) is 12.8 Å². The van der Waals surface area contributed by atoms with E-state index in [0.717, 1.165) is 30.2 Å². The highest BCUT2D eigenvalue weighted by molar-refractivity contribution is 5.98. The van der Waals surface area contributed by atoms with Gasteiger partial charge < -0.3 is 15.1 Å². The highest BCUT2D eigenvalue weighted by atomic mass is 16.2. The number of aromatic nitrogens is 4. The Labute approximate surface area is 166 Å². The number of aryl methyl sites for hydroxylation is 3. The molecule has 152 valence electrons. The van der Waals surface area contributed by atoms with Crippen LogP contribution in [0.5, 0.6) is 0 Å². The molecule has 0 bridgehead atoms. The predicted octanol–water partition coefficient (Wildman–Crippen LogP) is 0.703. The van der Waals surface area contributed by atoms with E-state index >= 15 is 0 Å². The Morgan fingerprint density at radius 3 is 2.61 bits per heavy atom. The molecule has 1 saturated heterocycles. The highest BCUT2D eigenvalue weighted by Crippen LogP contribution is 2.17. The summed E-state index contributed by atoms with van der Waals surface area (Å²) in [7, 11) is 5.60. The molecule has 1 amide bonds. The lowest BCUT2D eigenvalue weighted by Crippen LogP contribution is -2.55. The minimum Gasteiger partial charge on any atom is -0.352 e. The molecule has 1 fully saturated rings. The van der Waals surface area contributed by atoms with E-state index in [2.05, 4.69) is 34.4 Å². The number of hydrogen-bond donors (Lipinski definition) is 1. The number of guanidine groups is 1. The van der Waals surface area contributed by atoms with Gasteiger partial charge in [-0.2, -0.15) is 10.2 Å². The van der Waals surface area contributed by atoms with E-state index in [9.17, 15) is 4.79 Å². The first-order chi connectivity index (χ1) is 13.5. The number of aliphatic imine (C=N–C) groups is 1. The smallest absolute Gasteiger partial charge is 0.246 e. The molecule has 28 heavy (non-hydrogen) atoms. The molecular weight excluding hydrogens is 356 g/mol. The topological polar surface area (TPSA) is 83.6 Å². The molecule has 0 unspecified atom stereocenters. The second-order valence-corrected chi connectivity index (χ2v) is 6.94. The standard InChI is InChI=1S/C19H30N8O/c1-6-16-15(17(7-2)25(5)23-16)11-21-19(20-3)26-8-9-27(18(28)13-26)14-10-22-24(4)12-14/h10,12H,6-9,11,13H2,1-5H3,(H,20,21). The summed E-state index contributed by atoms with van der Waals surface area (Å²) in [5.74, 6) is 0.791. The summed E-state index contributed by atoms with van der Waals surface area (Å²) in [6.07, 6.45) is 5.41. The van der Waals surface area contributed by atoms with Crippen LogP contribution in [0.25, 0.3) is 0 Å². The first kappa shape index (κ1) is 19.9. The Bertz CT molecular complexity index is 865. The first-order valence-electron chi connectivity index (χ1n) is 9.76. The van der Waals surface area contributed by atoms with Crippen LogP contribution in [0.3, 0.4) is 0 Å². The highest BCUT2D eigenvalue weighted by Gasteiger charge is 2.28. The SMILES string of the molecule is CCc1nn(C)c(CC)c1CNC(=NC)N1CCN(c2cnn(C)c2)C(=O)C1. The zero-order valence-corrected chi connectivity index (χ0v) is 17.4. The van der Waals surface area contributed by atoms with Gasteiger partial charge in [0.1, 0.15) is 6.54 Å². The number of carbonyl (C=O) groups is 1. The second-order valence-electron chi connectivity index (χ2n) is 6.94. The molecule has 2 aromatic rings. The zero-order chi connectivity index (χ0) is 20.3. The van der Waals surface area contributed by atoms with Gasteiger partial charge in [-0.3, -0.25) is 19.2 Å². The minimum atomic E-state index is 0.0482. The fourth-order valence-electron chi connectivity index (χ4n) is 3.77. The van der Waals surface area contributed by atoms with Crippen molar-refractivity contribution in [2.24, 2.45) is 19.1 Å². The maximum Gasteiger partial charge on any atom is 0.246 e. The molecule has 9 nitrogen and oxygen atoms in total. The summed E-state index contributed by atoms with van der Waals surface area (Å²) >= 11 is 0. The summed E-state index contributed by atoms with van der Waals surface area (Å²) in [6, 6.07) is 0. The fourth-order valence-corrected chi connectivity index (χ4v) is 3.77. The molecule has 0 saturated carbocycles. The summed E-state index contributed by atoms with van der Waals surface area (Å²) in [4.78, 5) is 20.8. The van der Waals surface area contributed by atoms with Gasteiger partial charge in [-0.1, -0.05) is 13.8 Å². The molecule has 0 aliphatic carbocycles. The number of hydrogen-bond acceptors (Lipinski definition) is 4. The average molecular weight is 387 g/mol. The molecule has 3 heterocycles. The third-order valence-electron chi connectivity index (χ3n) is 5.19. The van der Waals surface area contributed by atoms with Crippen LogP contribution in [-0.2, 0) is 38.3 Å². The van der Waals surface area contributed by atoms with E-state index in [-0.39, 0.29) is 5.91 Å². The van der Waals surface area contributed by atoms with Crippen LogP contribution in [0, 0.1) is 0 Å². The van der Waals surface area contributed by atoms with Gasteiger partial charge in [-0.25, -0.2) is 0 Å². The van der Waals surface area contributed by atoms with Crippen LogP contribution in [0.2, 0.25) is 0 Å². The molecule has 3 rings (SSSR count). The van der Waals surface area contributed by atoms with Gasteiger partial charge in [0, 0.05) is 58.2 Å². The first-order valence-corrected chi connectivity index (χ1v) is 9.76. The van der Waals surface area contributed by atoms with Crippen LogP contribution >= 0.6 is 0 Å². The molecule has 0 spiro atoms. The Hall–Kier alpha value is -2.84. The Morgan fingerprint density at radius 2 is 2.04 bits per heavy atom. The third kappa shape index (κ3) is 3.88. The van der Waals surface area contributed by atoms with Crippen LogP contribution in [0.15, 0.2) is 17.4 Å². The molecule has 0 atom stereocenters. The van der Waals surface area contributed by atoms with Crippen molar-refractivity contribution in [2.75, 3.05) is 31.6 Å². The maximum absolute atomic E-state index is 12.7. The van der Waals surface area contributed by atoms with Crippen molar-refractivity contribution in [2.45, 2.75) is 33.2 Å². The van der Waals surface area contributed by atoms with Crippen molar-refractivity contribution >= 4 is 17.6 Å². The van der Waals surface area contributed by atoms with Crippen molar-refractivity contribution in [3.63, 3.8) is 0 Å². The van der Waals surface area contributed by atoms with Gasteiger partial charge in [0.2, 0.25) is 5.91 Å². The lowest BCUT2D eigenvalue weighted by molar-refractivity contribution is -0.120. The van der Waals surface area contributed by atoms with Crippen LogP contribution in [0.4, 0.5) is 5.69 Å². The molecule has 1 N–H and O–H groups in total. The van der Waals surface area contributed by atoms with Gasteiger partial charge in [-0.15, -0.1) is 0 Å². The summed E-state index contributed by atoms with van der Waals surface area (Å²) in [6.45, 7) is 6.54. The molecule has 0 aromatic carbocycles. The molecule has 0 radical (unpaired) electrons. The average Bonchev–Trinajstić information content (AvgIpc) is 3.24. The van der Waals surface area contributed by atoms with E-state index in [4.69, 9.17) is 0 Å². The van der Waals surface area contributed by atoms with Crippen LogP contribution in [0.1, 0.15) is 30.8 Å². The zero-order valence-electron chi connectivity index (χ0n) is 17.4. The number of piperazine rings is 1. The Kier molecular flexibility index (Phi) is 6.01. The number of nitrogens with one attached hydrogen (secondary N) is 1. The van der Waals surface area contributed by atoms with E-state index in [0.29, 0.717) is 26.2 Å². The fraction of sp³-hybridized carbons (Fsp3) is 0.579. The second kappa shape index (κ2) is 8.45. The predicted molar refractivity (Wildman–Crippen MR) is 109 cm³/mol. The summed E-state index contributed by atoms with van der Waals surface area (Å²) in [5, 5.41) is 12.2. The van der Waals surface area contributed by atoms with E-state index in [1.807, 2.05) is 29.9 Å². The number of nitrogens with zero attached hydrogens (tertiary/aromatic N) is 7. The van der Waals surface area contributed by atoms with Crippen molar-refractivity contribution in [3.05, 3.63) is 29.3 Å². The summed E-state index contributed by atoms with van der Waals surface area (Å²) < 4.78 is 3.68. The van der Waals surface area contributed by atoms with Crippen molar-refractivity contribution in [1.29, 1.82) is 0 Å². The number of carbonyl (C=O) groups excluding carboxylic acids is 1. The van der Waals surface area contributed by atoms with E-state index < -0.39 is 0 Å². The van der Waals surface area contributed by atoms with E-state index in [1.165, 1.54) is 11.3 Å². The number of rotatable bonds is 5. The van der Waals surface area contributed by atoms with Gasteiger partial charge in [0.15, 0.2) is 5.96 Å². The molecule has 2 aromatic heterocycles. The largest absolute Gasteiger partial charge is 0.352 e. The van der Waals surface area contributed by atoms with Gasteiger partial charge >= 0.3 is 0 Å². The van der Waals surface area contributed by atoms with Crippen molar-refractivity contribution in [1.82, 2.24) is 29.8 Å². The van der Waals surface area contributed by atoms with Crippen molar-refractivity contribution < 1.29 is 4.79 Å². The molecular formula is C19H30N8O.